The molecule has 2 heterocycles. The quantitative estimate of drug-likeness (QED) is 0.596. The predicted molar refractivity (Wildman–Crippen MR) is 121 cm³/mol. The summed E-state index contributed by atoms with van der Waals surface area (Å²) in [6, 6.07) is 15.0. The summed E-state index contributed by atoms with van der Waals surface area (Å²) < 4.78 is 38.6. The van der Waals surface area contributed by atoms with E-state index in [-0.39, 0.29) is 25.9 Å². The van der Waals surface area contributed by atoms with Crippen molar-refractivity contribution >= 4 is 28.9 Å². The van der Waals surface area contributed by atoms with Crippen molar-refractivity contribution in [2.75, 3.05) is 29.9 Å². The van der Waals surface area contributed by atoms with Crippen LogP contribution in [0.5, 0.6) is 0 Å². The number of benzene rings is 2. The first-order chi connectivity index (χ1) is 16.1. The summed E-state index contributed by atoms with van der Waals surface area (Å²) in [5, 5.41) is 13.2. The lowest BCUT2D eigenvalue weighted by molar-refractivity contribution is -0.179. The number of aliphatic hydroxyl groups excluding tert-OH is 1. The van der Waals surface area contributed by atoms with Gasteiger partial charge in [-0.05, 0) is 54.8 Å². The average Bonchev–Trinajstić information content (AvgIpc) is 3.09. The van der Waals surface area contributed by atoms with Gasteiger partial charge in [-0.3, -0.25) is 9.59 Å². The van der Waals surface area contributed by atoms with E-state index in [9.17, 15) is 27.9 Å². The van der Waals surface area contributed by atoms with Gasteiger partial charge in [-0.25, -0.2) is 0 Å². The van der Waals surface area contributed by atoms with Crippen LogP contribution >= 0.6 is 0 Å². The molecule has 0 spiro atoms. The molecule has 4 N–H and O–H groups in total. The Morgan fingerprint density at radius 2 is 1.59 bits per heavy atom. The van der Waals surface area contributed by atoms with Crippen molar-refractivity contribution in [3.05, 3.63) is 54.1 Å². The first kappa shape index (κ1) is 23.9. The molecule has 0 saturated carbocycles. The highest BCUT2D eigenvalue weighted by Gasteiger charge is 2.42. The second-order valence-corrected chi connectivity index (χ2v) is 8.84. The van der Waals surface area contributed by atoms with Crippen molar-refractivity contribution in [3.8, 4) is 0 Å². The minimum atomic E-state index is -4.12. The fourth-order valence-electron chi connectivity index (χ4n) is 4.48. The number of carbonyl (C=O) groups is 2. The summed E-state index contributed by atoms with van der Waals surface area (Å²) in [7, 11) is 0. The predicted octanol–water partition coefficient (Wildman–Crippen LogP) is 3.01. The second-order valence-electron chi connectivity index (χ2n) is 8.84. The van der Waals surface area contributed by atoms with Crippen LogP contribution in [-0.2, 0) is 16.1 Å². The van der Waals surface area contributed by atoms with Gasteiger partial charge in [0.25, 0.3) is 5.91 Å². The number of hydrogen-bond donors (Lipinski definition) is 3. The number of nitrogens with zero attached hydrogens (tertiary/aromatic N) is 2. The molecule has 4 rings (SSSR count). The molecule has 2 amide bonds. The fraction of sp³-hybridized carbons (Fsp3) is 0.417. The Hall–Kier alpha value is -3.27. The maximum Gasteiger partial charge on any atom is 0.391 e. The lowest BCUT2D eigenvalue weighted by Crippen LogP contribution is -2.38. The Morgan fingerprint density at radius 3 is 2.09 bits per heavy atom. The van der Waals surface area contributed by atoms with Crippen molar-refractivity contribution in [1.29, 1.82) is 0 Å². The van der Waals surface area contributed by atoms with Crippen LogP contribution in [0, 0.1) is 11.8 Å². The molecule has 2 atom stereocenters. The zero-order chi connectivity index (χ0) is 24.5. The topological polar surface area (TPSA) is 98.9 Å². The number of aliphatic hydroxyl groups is 1. The summed E-state index contributed by atoms with van der Waals surface area (Å²) in [5.41, 5.74) is 8.64. The maximum absolute atomic E-state index is 12.9. The molecule has 2 aromatic carbocycles. The monoisotopic (exact) mass is 476 g/mol. The third kappa shape index (κ3) is 5.27. The summed E-state index contributed by atoms with van der Waals surface area (Å²) in [4.78, 5) is 26.9. The van der Waals surface area contributed by atoms with Gasteiger partial charge in [0.1, 0.15) is 6.10 Å². The number of nitrogens with two attached hydrogens (primary N) is 1. The van der Waals surface area contributed by atoms with Gasteiger partial charge in [-0.2, -0.15) is 13.2 Å². The van der Waals surface area contributed by atoms with Crippen LogP contribution in [0.3, 0.4) is 0 Å². The minimum absolute atomic E-state index is 0.0928. The Labute approximate surface area is 195 Å². The third-order valence-electron chi connectivity index (χ3n) is 6.53. The van der Waals surface area contributed by atoms with E-state index in [1.807, 2.05) is 53.4 Å². The molecule has 0 radical (unpaired) electrons. The number of hydrogen-bond acceptors (Lipinski definition) is 5. The van der Waals surface area contributed by atoms with Crippen molar-refractivity contribution in [3.63, 3.8) is 0 Å². The fourth-order valence-corrected chi connectivity index (χ4v) is 4.48. The first-order valence-corrected chi connectivity index (χ1v) is 11.2. The zero-order valence-electron chi connectivity index (χ0n) is 18.5. The van der Waals surface area contributed by atoms with Gasteiger partial charge >= 0.3 is 6.18 Å². The van der Waals surface area contributed by atoms with E-state index in [0.29, 0.717) is 13.1 Å². The molecular weight excluding hydrogens is 449 g/mol. The Kier molecular flexibility index (Phi) is 6.70. The van der Waals surface area contributed by atoms with E-state index in [0.717, 1.165) is 22.6 Å². The maximum atomic E-state index is 12.9. The van der Waals surface area contributed by atoms with Crippen LogP contribution in [0.25, 0.3) is 0 Å². The van der Waals surface area contributed by atoms with Crippen LogP contribution in [0.2, 0.25) is 0 Å². The van der Waals surface area contributed by atoms with Crippen LogP contribution < -0.4 is 16.0 Å². The first-order valence-electron chi connectivity index (χ1n) is 11.2. The van der Waals surface area contributed by atoms with Gasteiger partial charge in [-0.15, -0.1) is 0 Å². The molecule has 7 nitrogen and oxygen atoms in total. The molecule has 2 saturated heterocycles. The largest absolute Gasteiger partial charge is 0.391 e. The van der Waals surface area contributed by atoms with Crippen molar-refractivity contribution < 1.29 is 27.9 Å². The minimum Gasteiger partial charge on any atom is -0.382 e. The SMILES string of the molecule is NC(=O)C1CN(Cc2ccc(Nc3ccc(N4CCC(C(F)(F)F)CC4)cc3)cc2)C(=O)C1O. The number of likely N-dealkylation sites (tertiary alicyclic amines) is 1. The van der Waals surface area contributed by atoms with E-state index < -0.39 is 35.9 Å². The van der Waals surface area contributed by atoms with E-state index >= 15 is 0 Å². The molecule has 2 aliphatic rings. The van der Waals surface area contributed by atoms with Crippen molar-refractivity contribution in [1.82, 2.24) is 4.90 Å². The smallest absolute Gasteiger partial charge is 0.382 e. The number of alkyl halides is 3. The normalized spacial score (nSPS) is 21.7. The number of carbonyl (C=O) groups excluding carboxylic acids is 2. The van der Waals surface area contributed by atoms with Crippen LogP contribution in [0.1, 0.15) is 18.4 Å². The highest BCUT2D eigenvalue weighted by molar-refractivity contribution is 5.92. The molecule has 2 unspecified atom stereocenters. The van der Waals surface area contributed by atoms with E-state index in [4.69, 9.17) is 5.73 Å². The number of rotatable bonds is 6. The number of piperidine rings is 1. The molecule has 0 aromatic heterocycles. The molecule has 0 aliphatic carbocycles. The summed E-state index contributed by atoms with van der Waals surface area (Å²) in [5.74, 6) is -3.31. The van der Waals surface area contributed by atoms with Gasteiger partial charge < -0.3 is 26.0 Å². The van der Waals surface area contributed by atoms with Gasteiger partial charge in [0.05, 0.1) is 11.8 Å². The van der Waals surface area contributed by atoms with Crippen molar-refractivity contribution in [2.45, 2.75) is 31.7 Å². The summed E-state index contributed by atoms with van der Waals surface area (Å²) in [6.07, 6.45) is -5.29. The zero-order valence-corrected chi connectivity index (χ0v) is 18.5. The number of halogens is 3. The number of nitrogens with one attached hydrogen (secondary N) is 1. The lowest BCUT2D eigenvalue weighted by Gasteiger charge is -2.34. The van der Waals surface area contributed by atoms with Crippen molar-refractivity contribution in [2.24, 2.45) is 17.6 Å². The number of anilines is 3. The highest BCUT2D eigenvalue weighted by Crippen LogP contribution is 2.35. The second kappa shape index (κ2) is 9.54. The molecular formula is C24H27F3N4O3. The molecule has 10 heteroatoms. The molecule has 182 valence electrons. The lowest BCUT2D eigenvalue weighted by atomic mass is 9.96. The third-order valence-corrected chi connectivity index (χ3v) is 6.53. The summed E-state index contributed by atoms with van der Waals surface area (Å²) in [6.45, 7) is 1.12. The molecule has 0 bridgehead atoms. The van der Waals surface area contributed by atoms with Gasteiger partial charge in [0.15, 0.2) is 0 Å². The van der Waals surface area contributed by atoms with Gasteiger partial charge in [0.2, 0.25) is 5.91 Å². The number of amides is 2. The van der Waals surface area contributed by atoms with E-state index in [1.165, 1.54) is 4.90 Å². The van der Waals surface area contributed by atoms with E-state index in [1.54, 1.807) is 0 Å². The highest BCUT2D eigenvalue weighted by atomic mass is 19.4. The molecule has 2 aromatic rings. The Morgan fingerprint density at radius 1 is 1.03 bits per heavy atom. The summed E-state index contributed by atoms with van der Waals surface area (Å²) >= 11 is 0. The molecule has 2 aliphatic heterocycles. The van der Waals surface area contributed by atoms with Crippen LogP contribution in [-0.4, -0.2) is 53.7 Å². The van der Waals surface area contributed by atoms with Gasteiger partial charge in [-0.1, -0.05) is 12.1 Å². The molecule has 2 fully saturated rings. The average molecular weight is 476 g/mol. The van der Waals surface area contributed by atoms with Gasteiger partial charge in [0, 0.05) is 43.2 Å². The Balaban J connectivity index is 1.31. The van der Waals surface area contributed by atoms with E-state index in [2.05, 4.69) is 5.32 Å². The number of primary amides is 1. The Bertz CT molecular complexity index is 1020. The van der Waals surface area contributed by atoms with Crippen LogP contribution in [0.4, 0.5) is 30.2 Å². The standard InChI is InChI=1S/C24H27F3N4O3/c25-24(26,27)16-9-11-30(12-10-16)19-7-5-18(6-8-19)29-17-3-1-15(2-4-17)13-31-14-20(22(28)33)21(32)23(31)34/h1-8,16,20-21,29,32H,9-14H2,(H2,28,33). The van der Waals surface area contributed by atoms with Crippen LogP contribution in [0.15, 0.2) is 48.5 Å². The molecule has 34 heavy (non-hydrogen) atoms.